The number of nitrogens with zero attached hydrogens (tertiary/aromatic N) is 1. The van der Waals surface area contributed by atoms with Crippen LogP contribution in [-0.4, -0.2) is 35.0 Å². The van der Waals surface area contributed by atoms with E-state index in [-0.39, 0.29) is 5.91 Å². The van der Waals surface area contributed by atoms with Gasteiger partial charge >= 0.3 is 5.97 Å². The number of likely N-dealkylation sites (tertiary alicyclic amines) is 1. The van der Waals surface area contributed by atoms with Crippen molar-refractivity contribution in [3.05, 3.63) is 0 Å². The molecule has 108 valence electrons. The van der Waals surface area contributed by atoms with E-state index in [1.807, 2.05) is 0 Å². The van der Waals surface area contributed by atoms with Gasteiger partial charge in [0.2, 0.25) is 5.91 Å². The highest BCUT2D eigenvalue weighted by molar-refractivity contribution is 5.80. The third-order valence-electron chi connectivity index (χ3n) is 4.78. The monoisotopic (exact) mass is 267 g/mol. The Bertz CT molecular complexity index is 347. The van der Waals surface area contributed by atoms with Gasteiger partial charge < -0.3 is 10.0 Å². The molecule has 1 unspecified atom stereocenters. The Morgan fingerprint density at radius 3 is 2.37 bits per heavy atom. The zero-order chi connectivity index (χ0) is 13.9. The second-order valence-corrected chi connectivity index (χ2v) is 6.49. The number of carbonyl (C=O) groups is 2. The molecule has 19 heavy (non-hydrogen) atoms. The first-order valence-corrected chi connectivity index (χ1v) is 7.52. The van der Waals surface area contributed by atoms with E-state index in [0.29, 0.717) is 31.8 Å². The highest BCUT2D eigenvalue weighted by atomic mass is 16.4. The third-order valence-corrected chi connectivity index (χ3v) is 4.78. The Morgan fingerprint density at radius 1 is 1.21 bits per heavy atom. The molecule has 1 aliphatic carbocycles. The molecule has 1 saturated carbocycles. The van der Waals surface area contributed by atoms with Gasteiger partial charge in [-0.25, -0.2) is 0 Å². The Balaban J connectivity index is 1.85. The summed E-state index contributed by atoms with van der Waals surface area (Å²) < 4.78 is 0. The van der Waals surface area contributed by atoms with Gasteiger partial charge in [-0.2, -0.15) is 0 Å². The molecule has 1 N–H and O–H groups in total. The van der Waals surface area contributed by atoms with Gasteiger partial charge in [0.05, 0.1) is 5.41 Å². The lowest BCUT2D eigenvalue weighted by atomic mass is 9.90. The van der Waals surface area contributed by atoms with Crippen LogP contribution in [0.2, 0.25) is 0 Å². The zero-order valence-corrected chi connectivity index (χ0v) is 11.9. The molecule has 2 fully saturated rings. The molecule has 2 aliphatic rings. The lowest BCUT2D eigenvalue weighted by molar-refractivity contribution is -0.147. The number of amides is 1. The first-order valence-electron chi connectivity index (χ1n) is 7.52. The predicted octanol–water partition coefficient (Wildman–Crippen LogP) is 2.67. The molecule has 4 heteroatoms. The smallest absolute Gasteiger partial charge is 0.311 e. The minimum absolute atomic E-state index is 0.164. The number of carboxylic acids is 1. The molecule has 1 heterocycles. The van der Waals surface area contributed by atoms with E-state index in [1.165, 1.54) is 25.7 Å². The first-order chi connectivity index (χ1) is 9.01. The van der Waals surface area contributed by atoms with Gasteiger partial charge in [-0.15, -0.1) is 0 Å². The molecule has 1 atom stereocenters. The average molecular weight is 267 g/mol. The Labute approximate surface area is 115 Å². The molecule has 0 aromatic heterocycles. The zero-order valence-electron chi connectivity index (χ0n) is 11.9. The molecular formula is C15H25NO3. The second kappa shape index (κ2) is 5.93. The maximum atomic E-state index is 12.3. The molecule has 0 bridgehead atoms. The molecule has 0 aromatic carbocycles. The van der Waals surface area contributed by atoms with E-state index in [0.717, 1.165) is 12.8 Å². The fraction of sp³-hybridized carbons (Fsp3) is 0.867. The summed E-state index contributed by atoms with van der Waals surface area (Å²) in [5.74, 6) is -0.0965. The molecular weight excluding hydrogens is 242 g/mol. The third kappa shape index (κ3) is 3.48. The van der Waals surface area contributed by atoms with Crippen LogP contribution in [0.5, 0.6) is 0 Å². The number of carboxylic acid groups (broad SMARTS) is 1. The summed E-state index contributed by atoms with van der Waals surface area (Å²) in [6.45, 7) is 2.73. The van der Waals surface area contributed by atoms with Gasteiger partial charge in [-0.3, -0.25) is 9.59 Å². The minimum atomic E-state index is -0.780. The lowest BCUT2D eigenvalue weighted by Gasteiger charge is -2.22. The van der Waals surface area contributed by atoms with Crippen LogP contribution in [0.25, 0.3) is 0 Å². The number of carbonyl (C=O) groups excluding carboxylic acids is 1. The first kappa shape index (κ1) is 14.4. The normalized spacial score (nSPS) is 29.2. The SMILES string of the molecule is CC1(C(=O)O)CCN(C(=O)CC2CCCCCC2)C1. The molecule has 1 saturated heterocycles. The summed E-state index contributed by atoms with van der Waals surface area (Å²) in [5.41, 5.74) is -0.737. The Kier molecular flexibility index (Phi) is 4.48. The van der Waals surface area contributed by atoms with E-state index >= 15 is 0 Å². The van der Waals surface area contributed by atoms with Crippen LogP contribution in [-0.2, 0) is 9.59 Å². The van der Waals surface area contributed by atoms with Crippen molar-refractivity contribution in [3.63, 3.8) is 0 Å². The van der Waals surface area contributed by atoms with Crippen molar-refractivity contribution < 1.29 is 14.7 Å². The van der Waals surface area contributed by atoms with Gasteiger partial charge in [0.25, 0.3) is 0 Å². The van der Waals surface area contributed by atoms with Crippen LogP contribution in [0.3, 0.4) is 0 Å². The van der Waals surface area contributed by atoms with Crippen molar-refractivity contribution in [2.75, 3.05) is 13.1 Å². The highest BCUT2D eigenvalue weighted by Crippen LogP contribution is 2.32. The fourth-order valence-corrected chi connectivity index (χ4v) is 3.29. The Hall–Kier alpha value is -1.06. The topological polar surface area (TPSA) is 57.6 Å². The van der Waals surface area contributed by atoms with E-state index in [2.05, 4.69) is 0 Å². The largest absolute Gasteiger partial charge is 0.481 e. The van der Waals surface area contributed by atoms with Gasteiger partial charge in [0.1, 0.15) is 0 Å². The summed E-state index contributed by atoms with van der Waals surface area (Å²) in [5, 5.41) is 9.19. The summed E-state index contributed by atoms with van der Waals surface area (Å²) in [6, 6.07) is 0. The van der Waals surface area contributed by atoms with Gasteiger partial charge in [-0.1, -0.05) is 25.7 Å². The fourth-order valence-electron chi connectivity index (χ4n) is 3.29. The van der Waals surface area contributed by atoms with E-state index in [1.54, 1.807) is 11.8 Å². The van der Waals surface area contributed by atoms with Crippen molar-refractivity contribution in [2.45, 2.75) is 58.3 Å². The van der Waals surface area contributed by atoms with Gasteiger partial charge in [-0.05, 0) is 32.1 Å². The maximum Gasteiger partial charge on any atom is 0.311 e. The Morgan fingerprint density at radius 2 is 1.84 bits per heavy atom. The summed E-state index contributed by atoms with van der Waals surface area (Å²) in [6.07, 6.45) is 8.60. The van der Waals surface area contributed by atoms with Crippen molar-refractivity contribution >= 4 is 11.9 Å². The highest BCUT2D eigenvalue weighted by Gasteiger charge is 2.42. The van der Waals surface area contributed by atoms with Crippen molar-refractivity contribution in [1.29, 1.82) is 0 Å². The van der Waals surface area contributed by atoms with Crippen LogP contribution < -0.4 is 0 Å². The standard InChI is InChI=1S/C15H25NO3/c1-15(14(18)19)8-9-16(11-15)13(17)10-12-6-4-2-3-5-7-12/h12H,2-11H2,1H3,(H,18,19). The van der Waals surface area contributed by atoms with Crippen LogP contribution in [0, 0.1) is 11.3 Å². The quantitative estimate of drug-likeness (QED) is 0.800. The molecule has 1 amide bonds. The molecule has 0 spiro atoms. The summed E-state index contributed by atoms with van der Waals surface area (Å²) in [4.78, 5) is 25.2. The van der Waals surface area contributed by atoms with Gasteiger partial charge in [0.15, 0.2) is 0 Å². The number of hydrogen-bond acceptors (Lipinski definition) is 2. The van der Waals surface area contributed by atoms with Gasteiger partial charge in [0, 0.05) is 19.5 Å². The second-order valence-electron chi connectivity index (χ2n) is 6.49. The number of hydrogen-bond donors (Lipinski definition) is 1. The molecule has 1 aliphatic heterocycles. The molecule has 2 rings (SSSR count). The van der Waals surface area contributed by atoms with Crippen molar-refractivity contribution in [1.82, 2.24) is 4.90 Å². The molecule has 4 nitrogen and oxygen atoms in total. The number of rotatable bonds is 3. The average Bonchev–Trinajstić information content (AvgIpc) is 2.60. The lowest BCUT2D eigenvalue weighted by Crippen LogP contribution is -2.35. The van der Waals surface area contributed by atoms with Crippen LogP contribution in [0.4, 0.5) is 0 Å². The van der Waals surface area contributed by atoms with E-state index < -0.39 is 11.4 Å². The van der Waals surface area contributed by atoms with Crippen molar-refractivity contribution in [3.8, 4) is 0 Å². The van der Waals surface area contributed by atoms with Crippen LogP contribution in [0.1, 0.15) is 58.3 Å². The summed E-state index contributed by atoms with van der Waals surface area (Å²) >= 11 is 0. The molecule has 0 aromatic rings. The van der Waals surface area contributed by atoms with Crippen LogP contribution >= 0.6 is 0 Å². The predicted molar refractivity (Wildman–Crippen MR) is 72.7 cm³/mol. The van der Waals surface area contributed by atoms with E-state index in [4.69, 9.17) is 0 Å². The minimum Gasteiger partial charge on any atom is -0.481 e. The van der Waals surface area contributed by atoms with Crippen LogP contribution in [0.15, 0.2) is 0 Å². The maximum absolute atomic E-state index is 12.3. The van der Waals surface area contributed by atoms with Crippen molar-refractivity contribution in [2.24, 2.45) is 11.3 Å². The summed E-state index contributed by atoms with van der Waals surface area (Å²) in [7, 11) is 0. The number of aliphatic carboxylic acids is 1. The van der Waals surface area contributed by atoms with E-state index in [9.17, 15) is 14.7 Å². The molecule has 0 radical (unpaired) electrons.